The van der Waals surface area contributed by atoms with E-state index < -0.39 is 6.23 Å². The Morgan fingerprint density at radius 3 is 2.82 bits per heavy atom. The minimum absolute atomic E-state index is 0.572. The fraction of sp³-hybridized carbons (Fsp3) is 0.0952. The Hall–Kier alpha value is -2.61. The first-order valence-corrected chi connectivity index (χ1v) is 10.3. The zero-order valence-corrected chi connectivity index (χ0v) is 17.3. The Morgan fingerprint density at radius 2 is 2.00 bits per heavy atom. The van der Waals surface area contributed by atoms with Crippen molar-refractivity contribution in [3.63, 3.8) is 0 Å². The van der Waals surface area contributed by atoms with Crippen LogP contribution in [0.25, 0.3) is 38.8 Å². The molecule has 5 nitrogen and oxygen atoms in total. The number of fused-ring (bicyclic) bond motifs is 2. The van der Waals surface area contributed by atoms with Crippen LogP contribution in [-0.2, 0) is 0 Å². The number of thiophene rings is 1. The first-order valence-electron chi connectivity index (χ1n) is 8.74. The molecule has 1 aliphatic rings. The van der Waals surface area contributed by atoms with Crippen LogP contribution < -0.4 is 5.32 Å². The number of anilines is 1. The van der Waals surface area contributed by atoms with Gasteiger partial charge in [-0.1, -0.05) is 28.1 Å². The average molecular weight is 451 g/mol. The predicted molar refractivity (Wildman–Crippen MR) is 117 cm³/mol. The van der Waals surface area contributed by atoms with Gasteiger partial charge in [-0.15, -0.1) is 11.3 Å². The normalized spacial score (nSPS) is 15.8. The number of nitrogens with zero attached hydrogens (tertiary/aromatic N) is 3. The lowest BCUT2D eigenvalue weighted by Crippen LogP contribution is -2.24. The van der Waals surface area contributed by atoms with Crippen LogP contribution in [-0.4, -0.2) is 26.3 Å². The highest BCUT2D eigenvalue weighted by Gasteiger charge is 2.23. The van der Waals surface area contributed by atoms with Crippen LogP contribution in [0, 0.1) is 6.92 Å². The van der Waals surface area contributed by atoms with E-state index >= 15 is 0 Å². The van der Waals surface area contributed by atoms with Gasteiger partial charge in [-0.25, -0.2) is 9.97 Å². The molecule has 28 heavy (non-hydrogen) atoms. The highest BCUT2D eigenvalue weighted by Crippen LogP contribution is 2.38. The van der Waals surface area contributed by atoms with Crippen LogP contribution in [0.1, 0.15) is 10.6 Å². The number of pyridine rings is 1. The molecule has 4 aromatic rings. The SMILES string of the molecule is Cc1ccc(-c2nc3c(nc2-c2ccc4ncccc4c2)C=C(Br)C(O)N3)s1. The molecule has 2 N–H and O–H groups in total. The Labute approximate surface area is 174 Å². The number of aromatic nitrogens is 3. The van der Waals surface area contributed by atoms with Gasteiger partial charge in [0.15, 0.2) is 12.0 Å². The van der Waals surface area contributed by atoms with E-state index in [-0.39, 0.29) is 0 Å². The van der Waals surface area contributed by atoms with Crippen LogP contribution in [0.4, 0.5) is 5.82 Å². The fourth-order valence-electron chi connectivity index (χ4n) is 3.22. The Balaban J connectivity index is 1.76. The lowest BCUT2D eigenvalue weighted by atomic mass is 10.0. The minimum Gasteiger partial charge on any atom is -0.369 e. The van der Waals surface area contributed by atoms with Crippen LogP contribution in [0.2, 0.25) is 0 Å². The number of nitrogens with one attached hydrogen (secondary N) is 1. The molecular formula is C21H15BrN4OS. The second-order valence-electron chi connectivity index (χ2n) is 6.55. The number of benzene rings is 1. The molecule has 0 bridgehead atoms. The topological polar surface area (TPSA) is 70.9 Å². The van der Waals surface area contributed by atoms with Crippen molar-refractivity contribution in [3.8, 4) is 21.8 Å². The van der Waals surface area contributed by atoms with Crippen molar-refractivity contribution in [1.82, 2.24) is 15.0 Å². The lowest BCUT2D eigenvalue weighted by Gasteiger charge is -2.21. The molecule has 1 unspecified atom stereocenters. The van der Waals surface area contributed by atoms with Crippen LogP contribution in [0.5, 0.6) is 0 Å². The van der Waals surface area contributed by atoms with Crippen molar-refractivity contribution in [3.05, 3.63) is 63.7 Å². The second kappa shape index (κ2) is 6.77. The molecular weight excluding hydrogens is 436 g/mol. The average Bonchev–Trinajstić information content (AvgIpc) is 3.14. The van der Waals surface area contributed by atoms with Gasteiger partial charge in [-0.2, -0.15) is 0 Å². The summed E-state index contributed by atoms with van der Waals surface area (Å²) in [4.78, 5) is 16.4. The van der Waals surface area contributed by atoms with E-state index in [4.69, 9.17) is 9.97 Å². The summed E-state index contributed by atoms with van der Waals surface area (Å²) >= 11 is 5.05. The highest BCUT2D eigenvalue weighted by molar-refractivity contribution is 9.11. The first kappa shape index (κ1) is 17.5. The summed E-state index contributed by atoms with van der Waals surface area (Å²) in [5.74, 6) is 0.572. The lowest BCUT2D eigenvalue weighted by molar-refractivity contribution is 0.248. The number of aliphatic hydroxyl groups excluding tert-OH is 1. The zero-order valence-electron chi connectivity index (χ0n) is 14.8. The largest absolute Gasteiger partial charge is 0.369 e. The van der Waals surface area contributed by atoms with E-state index in [0.29, 0.717) is 16.0 Å². The number of aryl methyl sites for hydroxylation is 1. The van der Waals surface area contributed by atoms with Gasteiger partial charge in [-0.05, 0) is 43.3 Å². The Kier molecular flexibility index (Phi) is 4.23. The third-order valence-corrected chi connectivity index (χ3v) is 6.25. The van der Waals surface area contributed by atoms with E-state index in [1.807, 2.05) is 24.3 Å². The molecule has 1 aromatic carbocycles. The predicted octanol–water partition coefficient (Wildman–Crippen LogP) is 5.21. The van der Waals surface area contributed by atoms with Gasteiger partial charge >= 0.3 is 0 Å². The summed E-state index contributed by atoms with van der Waals surface area (Å²) in [5.41, 5.74) is 4.22. The van der Waals surface area contributed by atoms with Crippen molar-refractivity contribution in [2.75, 3.05) is 5.32 Å². The fourth-order valence-corrected chi connectivity index (χ4v) is 4.41. The summed E-state index contributed by atoms with van der Waals surface area (Å²) in [6.07, 6.45) is 2.77. The van der Waals surface area contributed by atoms with Crippen molar-refractivity contribution >= 4 is 50.1 Å². The van der Waals surface area contributed by atoms with E-state index in [9.17, 15) is 5.11 Å². The molecule has 7 heteroatoms. The first-order chi connectivity index (χ1) is 13.6. The standard InChI is InChI=1S/C21H15BrN4OS/c1-11-4-7-17(28-11)19-18(13-5-6-15-12(9-13)3-2-8-23-15)24-16-10-14(22)21(27)26-20(16)25-19/h2-10,21,27H,1H3,(H,25,26). The van der Waals surface area contributed by atoms with E-state index in [0.717, 1.165) is 32.7 Å². The summed E-state index contributed by atoms with van der Waals surface area (Å²) in [5, 5.41) is 14.1. The van der Waals surface area contributed by atoms with Gasteiger partial charge in [0.05, 0.1) is 16.1 Å². The van der Waals surface area contributed by atoms with E-state index in [1.54, 1.807) is 23.6 Å². The minimum atomic E-state index is -0.822. The number of aliphatic hydroxyl groups is 1. The molecule has 0 amide bonds. The summed E-state index contributed by atoms with van der Waals surface area (Å²) < 4.78 is 0.627. The number of rotatable bonds is 2. The van der Waals surface area contributed by atoms with Crippen LogP contribution in [0.3, 0.4) is 0 Å². The number of halogens is 1. The smallest absolute Gasteiger partial charge is 0.158 e. The summed E-state index contributed by atoms with van der Waals surface area (Å²) in [6, 6.07) is 14.2. The Morgan fingerprint density at radius 1 is 1.11 bits per heavy atom. The zero-order chi connectivity index (χ0) is 19.3. The monoisotopic (exact) mass is 450 g/mol. The molecule has 1 atom stereocenters. The van der Waals surface area contributed by atoms with E-state index in [1.165, 1.54) is 4.88 Å². The van der Waals surface area contributed by atoms with Crippen molar-refractivity contribution in [2.24, 2.45) is 0 Å². The molecule has 0 saturated carbocycles. The molecule has 0 fully saturated rings. The number of hydrogen-bond donors (Lipinski definition) is 2. The van der Waals surface area contributed by atoms with Gasteiger partial charge in [0, 0.05) is 26.5 Å². The van der Waals surface area contributed by atoms with Gasteiger partial charge in [0.25, 0.3) is 0 Å². The molecule has 4 heterocycles. The molecule has 138 valence electrons. The maximum atomic E-state index is 10.1. The van der Waals surface area contributed by atoms with Crippen molar-refractivity contribution in [1.29, 1.82) is 0 Å². The molecule has 0 radical (unpaired) electrons. The molecule has 0 saturated heterocycles. The van der Waals surface area contributed by atoms with Gasteiger partial charge in [0.2, 0.25) is 0 Å². The maximum Gasteiger partial charge on any atom is 0.158 e. The third-order valence-electron chi connectivity index (χ3n) is 4.58. The van der Waals surface area contributed by atoms with Gasteiger partial charge in [-0.3, -0.25) is 4.98 Å². The Bertz CT molecular complexity index is 1250. The van der Waals surface area contributed by atoms with Gasteiger partial charge < -0.3 is 10.4 Å². The van der Waals surface area contributed by atoms with Gasteiger partial charge in [0.1, 0.15) is 11.4 Å². The van der Waals surface area contributed by atoms with E-state index in [2.05, 4.69) is 51.4 Å². The van der Waals surface area contributed by atoms with Crippen LogP contribution in [0.15, 0.2) is 53.1 Å². The highest BCUT2D eigenvalue weighted by atomic mass is 79.9. The molecule has 5 rings (SSSR count). The summed E-state index contributed by atoms with van der Waals surface area (Å²) in [6.45, 7) is 2.07. The maximum absolute atomic E-state index is 10.1. The van der Waals surface area contributed by atoms with Crippen LogP contribution >= 0.6 is 27.3 Å². The molecule has 0 aliphatic carbocycles. The second-order valence-corrected chi connectivity index (χ2v) is 8.76. The summed E-state index contributed by atoms with van der Waals surface area (Å²) in [7, 11) is 0. The molecule has 0 spiro atoms. The van der Waals surface area contributed by atoms with Crippen molar-refractivity contribution < 1.29 is 5.11 Å². The molecule has 1 aliphatic heterocycles. The third kappa shape index (κ3) is 3.01. The quantitative estimate of drug-likeness (QED) is 0.438. The molecule has 3 aromatic heterocycles. The number of hydrogen-bond acceptors (Lipinski definition) is 6. The van der Waals surface area contributed by atoms with Crippen molar-refractivity contribution in [2.45, 2.75) is 13.2 Å².